The summed E-state index contributed by atoms with van der Waals surface area (Å²) in [6.07, 6.45) is 3.55. The summed E-state index contributed by atoms with van der Waals surface area (Å²) in [5.41, 5.74) is 6.23. The van der Waals surface area contributed by atoms with E-state index in [1.165, 1.54) is 24.3 Å². The Hall–Kier alpha value is -2.56. The van der Waals surface area contributed by atoms with Crippen molar-refractivity contribution in [2.75, 3.05) is 5.73 Å². The van der Waals surface area contributed by atoms with E-state index in [0.29, 0.717) is 0 Å². The van der Waals surface area contributed by atoms with Crippen molar-refractivity contribution >= 4 is 11.7 Å². The summed E-state index contributed by atoms with van der Waals surface area (Å²) in [5, 5.41) is 18.8. The maximum absolute atomic E-state index is 10.5. The number of carboxylic acids is 1. The number of aromatic nitrogens is 1. The third kappa shape index (κ3) is 4.65. The Balaban J connectivity index is 0.000000181. The third-order valence-corrected chi connectivity index (χ3v) is 1.83. The maximum atomic E-state index is 10.5. The number of carbonyl (C=O) groups is 1. The second-order valence-electron chi connectivity index (χ2n) is 3.17. The first-order valence-corrected chi connectivity index (χ1v) is 4.81. The van der Waals surface area contributed by atoms with Gasteiger partial charge >= 0.3 is 5.97 Å². The molecule has 0 fully saturated rings. The van der Waals surface area contributed by atoms with Gasteiger partial charge in [-0.1, -0.05) is 12.1 Å². The molecule has 0 aliphatic heterocycles. The Labute approximate surface area is 98.2 Å². The van der Waals surface area contributed by atoms with Gasteiger partial charge in [-0.15, -0.1) is 5.75 Å². The van der Waals surface area contributed by atoms with Crippen molar-refractivity contribution < 1.29 is 20.0 Å². The summed E-state index contributed by atoms with van der Waals surface area (Å²) in [6, 6.07) is 8.70. The van der Waals surface area contributed by atoms with Gasteiger partial charge in [0.05, 0.1) is 11.3 Å². The number of aromatic carboxylic acids is 1. The molecule has 0 spiro atoms. The minimum atomic E-state index is -1.01. The van der Waals surface area contributed by atoms with Gasteiger partial charge in [-0.05, 0) is 18.2 Å². The van der Waals surface area contributed by atoms with Crippen LogP contribution in [0.4, 0.5) is 5.69 Å². The van der Waals surface area contributed by atoms with Crippen LogP contribution >= 0.6 is 0 Å². The number of pyridine rings is 1. The van der Waals surface area contributed by atoms with Crippen LogP contribution in [-0.2, 0) is 0 Å². The molecule has 0 saturated carbocycles. The highest BCUT2D eigenvalue weighted by Gasteiger charge is 1.97. The van der Waals surface area contributed by atoms with Gasteiger partial charge in [-0.25, -0.2) is 9.78 Å². The third-order valence-electron chi connectivity index (χ3n) is 1.83. The highest BCUT2D eigenvalue weighted by molar-refractivity contribution is 5.87. The molecule has 2 rings (SSSR count). The average Bonchev–Trinajstić information content (AvgIpc) is 2.31. The van der Waals surface area contributed by atoms with Gasteiger partial charge < -0.3 is 15.9 Å². The number of anilines is 1. The van der Waals surface area contributed by atoms with E-state index in [0.717, 1.165) is 5.69 Å². The predicted molar refractivity (Wildman–Crippen MR) is 60.3 cm³/mol. The lowest BCUT2D eigenvalue weighted by Gasteiger charge is -2.02. The predicted octanol–water partition coefficient (Wildman–Crippen LogP) is 0.541. The summed E-state index contributed by atoms with van der Waals surface area (Å²) < 4.78 is 0. The van der Waals surface area contributed by atoms with Crippen LogP contribution in [0.3, 0.4) is 0 Å². The fourth-order valence-electron chi connectivity index (χ4n) is 1.00. The van der Waals surface area contributed by atoms with Crippen molar-refractivity contribution in [1.82, 2.24) is 0 Å². The van der Waals surface area contributed by atoms with E-state index in [-0.39, 0.29) is 11.3 Å². The Kier molecular flexibility index (Phi) is 4.50. The molecule has 1 heterocycles. The van der Waals surface area contributed by atoms with Crippen LogP contribution in [0, 0.1) is 0 Å². The molecule has 0 aliphatic carbocycles. The largest absolute Gasteiger partial charge is 0.872 e. The van der Waals surface area contributed by atoms with Gasteiger partial charge in [0.15, 0.2) is 12.4 Å². The molecule has 0 amide bonds. The quantitative estimate of drug-likeness (QED) is 0.749. The summed E-state index contributed by atoms with van der Waals surface area (Å²) in [4.78, 5) is 13.0. The zero-order valence-corrected chi connectivity index (χ0v) is 8.96. The molecule has 1 aromatic heterocycles. The van der Waals surface area contributed by atoms with Crippen molar-refractivity contribution in [3.8, 4) is 5.75 Å². The van der Waals surface area contributed by atoms with Crippen molar-refractivity contribution in [3.63, 3.8) is 0 Å². The van der Waals surface area contributed by atoms with E-state index < -0.39 is 5.97 Å². The number of carboxylic acid groups (broad SMARTS) is 1. The second kappa shape index (κ2) is 6.12. The van der Waals surface area contributed by atoms with Gasteiger partial charge in [0, 0.05) is 6.07 Å². The lowest BCUT2D eigenvalue weighted by molar-refractivity contribution is -0.377. The molecule has 1 aromatic carbocycles. The van der Waals surface area contributed by atoms with Gasteiger partial charge in [0.25, 0.3) is 0 Å². The highest BCUT2D eigenvalue weighted by Crippen LogP contribution is 2.05. The number of hydrogen-bond donors (Lipinski definition) is 2. The Morgan fingerprint density at radius 2 is 1.88 bits per heavy atom. The zero-order chi connectivity index (χ0) is 12.7. The number of aromatic amines is 1. The Bertz CT molecular complexity index is 469. The molecule has 4 N–H and O–H groups in total. The van der Waals surface area contributed by atoms with Crippen LogP contribution in [0.5, 0.6) is 5.75 Å². The molecule has 0 bridgehead atoms. The average molecular weight is 232 g/mol. The first-order valence-electron chi connectivity index (χ1n) is 4.81. The van der Waals surface area contributed by atoms with E-state index in [9.17, 15) is 9.90 Å². The Morgan fingerprint density at radius 3 is 2.24 bits per heavy atom. The van der Waals surface area contributed by atoms with Crippen LogP contribution in [0.15, 0.2) is 48.8 Å². The first-order chi connectivity index (χ1) is 8.09. The van der Waals surface area contributed by atoms with E-state index in [2.05, 4.69) is 4.98 Å². The number of nitrogens with one attached hydrogen (secondary N) is 1. The maximum Gasteiger partial charge on any atom is 0.335 e. The number of nitrogen functional groups attached to an aromatic ring is 1. The normalized spacial score (nSPS) is 8.94. The van der Waals surface area contributed by atoms with Crippen molar-refractivity contribution in [2.45, 2.75) is 0 Å². The standard InChI is InChI=1S/C7H6O3.C5H6N2/c8-6-3-1-5(2-4-6)7(9)10;6-5-2-1-3-7-4-5/h1-4,8H,(H,9,10);1-4H,6H2. The monoisotopic (exact) mass is 232 g/mol. The number of benzene rings is 1. The molecular formula is C12H12N2O3. The number of rotatable bonds is 1. The van der Waals surface area contributed by atoms with E-state index in [4.69, 9.17) is 10.8 Å². The Morgan fingerprint density at radius 1 is 1.24 bits per heavy atom. The molecule has 0 radical (unpaired) electrons. The minimum absolute atomic E-state index is 0.139. The van der Waals surface area contributed by atoms with E-state index in [1.54, 1.807) is 6.20 Å². The molecule has 2 aromatic rings. The number of hydrogen-bond acceptors (Lipinski definition) is 3. The van der Waals surface area contributed by atoms with Crippen LogP contribution in [0.2, 0.25) is 0 Å². The zero-order valence-electron chi connectivity index (χ0n) is 8.96. The lowest BCUT2D eigenvalue weighted by Crippen LogP contribution is -1.99. The molecule has 5 heteroatoms. The van der Waals surface area contributed by atoms with Crippen LogP contribution in [-0.4, -0.2) is 11.1 Å². The van der Waals surface area contributed by atoms with Gasteiger partial charge in [-0.2, -0.15) is 0 Å². The number of H-pyrrole nitrogens is 1. The summed E-state index contributed by atoms with van der Waals surface area (Å²) in [7, 11) is 0. The summed E-state index contributed by atoms with van der Waals surface area (Å²) >= 11 is 0. The van der Waals surface area contributed by atoms with Crippen molar-refractivity contribution in [1.29, 1.82) is 0 Å². The fourth-order valence-corrected chi connectivity index (χ4v) is 1.00. The number of nitrogens with two attached hydrogens (primary N) is 1. The molecule has 0 atom stereocenters. The minimum Gasteiger partial charge on any atom is -0.872 e. The molecule has 88 valence electrons. The van der Waals surface area contributed by atoms with Gasteiger partial charge in [0.2, 0.25) is 0 Å². The smallest absolute Gasteiger partial charge is 0.335 e. The molecular weight excluding hydrogens is 220 g/mol. The SMILES string of the molecule is Nc1ccc[nH+]c1.O=C(O)c1ccc([O-])cc1. The molecule has 17 heavy (non-hydrogen) atoms. The van der Waals surface area contributed by atoms with Crippen molar-refractivity contribution in [3.05, 3.63) is 54.4 Å². The van der Waals surface area contributed by atoms with Gasteiger partial charge in [-0.3, -0.25) is 0 Å². The van der Waals surface area contributed by atoms with E-state index >= 15 is 0 Å². The molecule has 0 aliphatic rings. The van der Waals surface area contributed by atoms with Crippen molar-refractivity contribution in [2.24, 2.45) is 0 Å². The topological polar surface area (TPSA) is 101 Å². The first kappa shape index (κ1) is 12.5. The fraction of sp³-hybridized carbons (Fsp3) is 0. The summed E-state index contributed by atoms with van der Waals surface area (Å²) in [6.45, 7) is 0. The van der Waals surface area contributed by atoms with Crippen LogP contribution in [0.25, 0.3) is 0 Å². The molecule has 0 saturated heterocycles. The van der Waals surface area contributed by atoms with Crippen LogP contribution in [0.1, 0.15) is 10.4 Å². The highest BCUT2D eigenvalue weighted by atomic mass is 16.4. The van der Waals surface area contributed by atoms with Crippen LogP contribution < -0.4 is 15.8 Å². The van der Waals surface area contributed by atoms with Gasteiger partial charge in [0.1, 0.15) is 0 Å². The second-order valence-corrected chi connectivity index (χ2v) is 3.17. The molecule has 5 nitrogen and oxygen atoms in total. The lowest BCUT2D eigenvalue weighted by atomic mass is 10.2. The van der Waals surface area contributed by atoms with E-state index in [1.807, 2.05) is 18.3 Å². The summed E-state index contributed by atoms with van der Waals surface area (Å²) in [5.74, 6) is -1.19. The molecule has 0 unspecified atom stereocenters.